The molecule has 0 bridgehead atoms. The topological polar surface area (TPSA) is 132 Å². The van der Waals surface area contributed by atoms with Gasteiger partial charge in [-0.15, -0.1) is 0 Å². The van der Waals surface area contributed by atoms with Crippen molar-refractivity contribution in [3.8, 4) is 0 Å². The van der Waals surface area contributed by atoms with E-state index >= 15 is 0 Å². The molecule has 0 aromatic heterocycles. The molecule has 0 unspecified atom stereocenters. The van der Waals surface area contributed by atoms with E-state index in [4.69, 9.17) is 31.3 Å². The normalized spacial score (nSPS) is 24.1. The van der Waals surface area contributed by atoms with Gasteiger partial charge in [-0.3, -0.25) is 0 Å². The summed E-state index contributed by atoms with van der Waals surface area (Å²) >= 11 is 0. The molecule has 0 aromatic rings. The summed E-state index contributed by atoms with van der Waals surface area (Å²) in [5.74, 6) is -4.37. The van der Waals surface area contributed by atoms with Crippen LogP contribution in [-0.2, 0) is 30.7 Å². The van der Waals surface area contributed by atoms with Crippen molar-refractivity contribution in [2.45, 2.75) is 37.8 Å². The molecule has 1 saturated carbocycles. The van der Waals surface area contributed by atoms with Crippen molar-refractivity contribution < 1.29 is 40.9 Å². The van der Waals surface area contributed by atoms with Crippen molar-refractivity contribution in [2.75, 3.05) is 0 Å². The molecule has 0 spiro atoms. The number of aliphatic carboxylic acids is 2. The molecule has 0 heterocycles. The maximum atomic E-state index is 8.93. The molecule has 0 amide bonds. The molecule has 6 nitrogen and oxygen atoms in total. The Bertz CT molecular complexity index is 191. The van der Waals surface area contributed by atoms with Crippen LogP contribution >= 0.6 is 0 Å². The first-order valence-corrected chi connectivity index (χ1v) is 4.38. The second-order valence-electron chi connectivity index (χ2n) is 3.19. The van der Waals surface area contributed by atoms with Crippen LogP contribution in [0.2, 0.25) is 0 Å². The minimum Gasteiger partial charge on any atom is -0.543 e. The molecule has 0 saturated heterocycles. The van der Waals surface area contributed by atoms with Gasteiger partial charge in [-0.2, -0.15) is 0 Å². The molecular weight excluding hydrogens is 383 g/mol. The van der Waals surface area contributed by atoms with Gasteiger partial charge in [-0.1, -0.05) is 12.8 Å². The summed E-state index contributed by atoms with van der Waals surface area (Å²) in [6, 6.07) is 0.562. The molecule has 1 fully saturated rings. The number of carboxylic acids is 2. The van der Waals surface area contributed by atoms with Crippen LogP contribution < -0.4 is 21.7 Å². The summed E-state index contributed by atoms with van der Waals surface area (Å²) < 4.78 is 0. The Kier molecular flexibility index (Phi) is 9.98. The summed E-state index contributed by atoms with van der Waals surface area (Å²) in [6.45, 7) is 0. The van der Waals surface area contributed by atoms with Crippen molar-refractivity contribution in [1.82, 2.24) is 0 Å². The van der Waals surface area contributed by atoms with E-state index in [2.05, 4.69) is 0 Å². The Balaban J connectivity index is 0. The molecule has 0 aromatic carbocycles. The van der Waals surface area contributed by atoms with E-state index in [0.717, 1.165) is 12.8 Å². The van der Waals surface area contributed by atoms with Crippen LogP contribution in [0.3, 0.4) is 0 Å². The summed E-state index contributed by atoms with van der Waals surface area (Å²) in [4.78, 5) is 17.9. The van der Waals surface area contributed by atoms with Crippen LogP contribution in [0.4, 0.5) is 0 Å². The Labute approximate surface area is 102 Å². The van der Waals surface area contributed by atoms with Gasteiger partial charge in [0.25, 0.3) is 0 Å². The molecule has 0 radical (unpaired) electrons. The fraction of sp³-hybridized carbons (Fsp3) is 0.750. The first-order valence-electron chi connectivity index (χ1n) is 4.38. The minimum absolute atomic E-state index is 0. The van der Waals surface area contributed by atoms with Gasteiger partial charge >= 0.3 is 21.1 Å². The monoisotopic (exact) mass is 397 g/mol. The Morgan fingerprint density at radius 1 is 0.933 bits per heavy atom. The molecule has 7 heteroatoms. The van der Waals surface area contributed by atoms with Crippen molar-refractivity contribution in [2.24, 2.45) is 11.5 Å². The van der Waals surface area contributed by atoms with E-state index in [1.54, 1.807) is 0 Å². The van der Waals surface area contributed by atoms with Crippen molar-refractivity contribution >= 4 is 11.9 Å². The predicted octanol–water partition coefficient (Wildman–Crippen LogP) is -3.30. The van der Waals surface area contributed by atoms with E-state index in [1.165, 1.54) is 12.8 Å². The van der Waals surface area contributed by atoms with E-state index < -0.39 is 11.9 Å². The fourth-order valence-corrected chi connectivity index (χ4v) is 1.19. The van der Waals surface area contributed by atoms with Crippen molar-refractivity contribution in [3.63, 3.8) is 0 Å². The maximum Gasteiger partial charge on any atom is 4.00 e. The van der Waals surface area contributed by atoms with Gasteiger partial charge in [0.15, 0.2) is 0 Å². The Hall–Kier alpha value is -0.452. The van der Waals surface area contributed by atoms with E-state index in [1.807, 2.05) is 0 Å². The number of rotatable bonds is 0. The molecule has 0 aliphatic heterocycles. The molecule has 1 rings (SSSR count). The zero-order valence-corrected chi connectivity index (χ0v) is 10.4. The average molecular weight is 397 g/mol. The zero-order chi connectivity index (χ0) is 11.1. The van der Waals surface area contributed by atoms with Crippen LogP contribution in [0.1, 0.15) is 25.7 Å². The number of hydrogen-bond acceptors (Lipinski definition) is 6. The van der Waals surface area contributed by atoms with Crippen LogP contribution in [0, 0.1) is 0 Å². The third-order valence-electron chi connectivity index (χ3n) is 2.04. The van der Waals surface area contributed by atoms with Crippen molar-refractivity contribution in [3.05, 3.63) is 0 Å². The third-order valence-corrected chi connectivity index (χ3v) is 2.04. The minimum atomic E-state index is -2.19. The molecule has 88 valence electrons. The maximum absolute atomic E-state index is 8.93. The summed E-state index contributed by atoms with van der Waals surface area (Å²) in [5.41, 5.74) is 11.3. The molecule has 4 N–H and O–H groups in total. The van der Waals surface area contributed by atoms with Crippen LogP contribution in [-0.4, -0.2) is 24.0 Å². The van der Waals surface area contributed by atoms with Gasteiger partial charge < -0.3 is 31.3 Å². The summed E-state index contributed by atoms with van der Waals surface area (Å²) in [5, 5.41) is 17.9. The predicted molar refractivity (Wildman–Crippen MR) is 44.4 cm³/mol. The second-order valence-corrected chi connectivity index (χ2v) is 3.19. The van der Waals surface area contributed by atoms with E-state index in [9.17, 15) is 0 Å². The van der Waals surface area contributed by atoms with Crippen LogP contribution in [0.15, 0.2) is 0 Å². The number of carboxylic acid groups (broad SMARTS) is 2. The average Bonchev–Trinajstić information content (AvgIpc) is 2.11. The first-order chi connectivity index (χ1) is 6.45. The first kappa shape index (κ1) is 17.0. The summed E-state index contributed by atoms with van der Waals surface area (Å²) in [6.07, 6.45) is 4.80. The number of hydrogen-bond donors (Lipinski definition) is 2. The van der Waals surface area contributed by atoms with Gasteiger partial charge in [-0.25, -0.2) is 0 Å². The van der Waals surface area contributed by atoms with E-state index in [0.29, 0.717) is 0 Å². The Morgan fingerprint density at radius 3 is 1.33 bits per heavy atom. The molecule has 2 atom stereocenters. The molecular formula is C8H14N2O4Pt+2. The largest absolute Gasteiger partial charge is 4.00 e. The molecule has 15 heavy (non-hydrogen) atoms. The smallest absolute Gasteiger partial charge is 0.543 e. The van der Waals surface area contributed by atoms with Gasteiger partial charge in [0.1, 0.15) is 0 Å². The van der Waals surface area contributed by atoms with E-state index in [-0.39, 0.29) is 33.1 Å². The number of carbonyl (C=O) groups excluding carboxylic acids is 2. The SMILES string of the molecule is N[C@H]1CCCC[C@@H]1N.O=C([O-])C(=O)[O-].[Pt+4]. The molecule has 1 aliphatic carbocycles. The van der Waals surface area contributed by atoms with Crippen LogP contribution in [0.25, 0.3) is 0 Å². The Morgan fingerprint density at radius 2 is 1.20 bits per heavy atom. The van der Waals surface area contributed by atoms with Gasteiger partial charge in [-0.05, 0) is 12.8 Å². The molecule has 1 aliphatic rings. The number of nitrogens with two attached hydrogens (primary N) is 2. The van der Waals surface area contributed by atoms with Gasteiger partial charge in [0, 0.05) is 12.1 Å². The number of carbonyl (C=O) groups is 2. The van der Waals surface area contributed by atoms with Crippen molar-refractivity contribution in [1.29, 1.82) is 0 Å². The zero-order valence-electron chi connectivity index (χ0n) is 8.09. The quantitative estimate of drug-likeness (QED) is 0.412. The summed E-state index contributed by atoms with van der Waals surface area (Å²) in [7, 11) is 0. The van der Waals surface area contributed by atoms with Crippen LogP contribution in [0.5, 0.6) is 0 Å². The third kappa shape index (κ3) is 8.54. The standard InChI is InChI=1S/C6H14N2.C2H2O4.Pt/c7-5-3-1-2-4-6(5)8;3-1(4)2(5)6;/h5-6H,1-4,7-8H2;(H,3,4)(H,5,6);/q;;+4/p-2/t5-,6-;;/m0../s1. The fourth-order valence-electron chi connectivity index (χ4n) is 1.19. The van der Waals surface area contributed by atoms with Gasteiger partial charge in [0.05, 0.1) is 11.9 Å². The van der Waals surface area contributed by atoms with Gasteiger partial charge in [0.2, 0.25) is 0 Å². The second kappa shape index (κ2) is 8.82.